The first kappa shape index (κ1) is 24.5. The van der Waals surface area contributed by atoms with Gasteiger partial charge in [0.2, 0.25) is 5.95 Å². The lowest BCUT2D eigenvalue weighted by Gasteiger charge is -2.23. The van der Waals surface area contributed by atoms with Crippen molar-refractivity contribution < 1.29 is 19.2 Å². The Morgan fingerprint density at radius 2 is 1.94 bits per heavy atom. The highest BCUT2D eigenvalue weighted by molar-refractivity contribution is 5.96. The van der Waals surface area contributed by atoms with Gasteiger partial charge in [-0.2, -0.15) is 0 Å². The average molecular weight is 489 g/mol. The zero-order chi connectivity index (χ0) is 25.5. The molecule has 3 aromatic rings. The summed E-state index contributed by atoms with van der Waals surface area (Å²) in [4.78, 5) is 40.7. The molecule has 0 spiro atoms. The Morgan fingerprint density at radius 3 is 2.56 bits per heavy atom. The van der Waals surface area contributed by atoms with Crippen LogP contribution in [0.5, 0.6) is 5.75 Å². The predicted octanol–water partition coefficient (Wildman–Crippen LogP) is 3.97. The molecule has 1 unspecified atom stereocenters. The molecule has 36 heavy (non-hydrogen) atoms. The number of pyridine rings is 1. The van der Waals surface area contributed by atoms with Gasteiger partial charge in [-0.25, -0.2) is 14.8 Å². The number of carbonyl (C=O) groups excluding carboxylic acids is 1. The number of aromatic nitrogens is 3. The molecule has 11 nitrogen and oxygen atoms in total. The Labute approximate surface area is 207 Å². The van der Waals surface area contributed by atoms with Crippen molar-refractivity contribution in [1.29, 1.82) is 0 Å². The van der Waals surface area contributed by atoms with E-state index in [4.69, 9.17) is 9.47 Å². The third-order valence-electron chi connectivity index (χ3n) is 5.60. The minimum atomic E-state index is -0.758. The van der Waals surface area contributed by atoms with Gasteiger partial charge in [-0.05, 0) is 55.8 Å². The average Bonchev–Trinajstić information content (AvgIpc) is 3.39. The summed E-state index contributed by atoms with van der Waals surface area (Å²) in [6.45, 7) is 2.38. The number of aliphatic imine (C=N–C) groups is 1. The van der Waals surface area contributed by atoms with Gasteiger partial charge in [0.1, 0.15) is 23.0 Å². The summed E-state index contributed by atoms with van der Waals surface area (Å²) in [6, 6.07) is 10.2. The van der Waals surface area contributed by atoms with E-state index in [2.05, 4.69) is 25.3 Å². The van der Waals surface area contributed by atoms with E-state index in [0.717, 1.165) is 0 Å². The number of ether oxygens (including phenoxy) is 2. The van der Waals surface area contributed by atoms with Crippen LogP contribution in [0.15, 0.2) is 65.9 Å². The second-order valence-electron chi connectivity index (χ2n) is 7.80. The molecule has 3 heterocycles. The number of rotatable bonds is 10. The summed E-state index contributed by atoms with van der Waals surface area (Å²) in [5, 5.41) is 14.2. The maximum atomic E-state index is 12.5. The number of nitrogens with zero attached hydrogens (tertiary/aromatic N) is 5. The van der Waals surface area contributed by atoms with Crippen LogP contribution in [-0.4, -0.2) is 52.3 Å². The van der Waals surface area contributed by atoms with E-state index in [9.17, 15) is 14.9 Å². The van der Waals surface area contributed by atoms with Gasteiger partial charge in [0.25, 0.3) is 5.69 Å². The zero-order valence-electron chi connectivity index (χ0n) is 19.7. The number of nitro groups is 1. The first-order chi connectivity index (χ1) is 17.5. The van der Waals surface area contributed by atoms with Crippen molar-refractivity contribution in [2.75, 3.05) is 25.6 Å². The third kappa shape index (κ3) is 5.19. The molecule has 1 N–H and O–H groups in total. The number of allylic oxidation sites excluding steroid dienone is 1. The van der Waals surface area contributed by atoms with E-state index in [-0.39, 0.29) is 17.9 Å². The second kappa shape index (κ2) is 10.7. The van der Waals surface area contributed by atoms with Crippen LogP contribution in [0.25, 0.3) is 11.3 Å². The topological polar surface area (TPSA) is 142 Å². The Bertz CT molecular complexity index is 1290. The molecule has 0 aliphatic carbocycles. The third-order valence-corrected chi connectivity index (χ3v) is 5.60. The Morgan fingerprint density at radius 1 is 1.14 bits per heavy atom. The minimum Gasteiger partial charge on any atom is -0.497 e. The van der Waals surface area contributed by atoms with Crippen LogP contribution in [-0.2, 0) is 10.3 Å². The normalized spacial score (nSPS) is 16.1. The van der Waals surface area contributed by atoms with Crippen LogP contribution in [0.3, 0.4) is 0 Å². The van der Waals surface area contributed by atoms with Gasteiger partial charge >= 0.3 is 5.97 Å². The molecular formula is C25H24N6O5. The molecule has 0 amide bonds. The Hall–Kier alpha value is -4.67. The van der Waals surface area contributed by atoms with Crippen molar-refractivity contribution in [2.45, 2.75) is 18.9 Å². The van der Waals surface area contributed by atoms with Gasteiger partial charge in [-0.1, -0.05) is 0 Å². The number of carbonyl (C=O) groups is 1. The summed E-state index contributed by atoms with van der Waals surface area (Å²) in [5.74, 6) is 0.495. The van der Waals surface area contributed by atoms with Crippen molar-refractivity contribution in [3.05, 3.63) is 82.3 Å². The molecule has 1 atom stereocenters. The fourth-order valence-electron chi connectivity index (χ4n) is 3.76. The molecule has 184 valence electrons. The van der Waals surface area contributed by atoms with E-state index in [0.29, 0.717) is 41.6 Å². The molecule has 1 aromatic carbocycles. The predicted molar refractivity (Wildman–Crippen MR) is 133 cm³/mol. The van der Waals surface area contributed by atoms with Crippen molar-refractivity contribution in [1.82, 2.24) is 15.0 Å². The van der Waals surface area contributed by atoms with Gasteiger partial charge in [-0.3, -0.25) is 20.1 Å². The van der Waals surface area contributed by atoms with Crippen LogP contribution in [0.1, 0.15) is 29.4 Å². The molecule has 0 radical (unpaired) electrons. The lowest BCUT2D eigenvalue weighted by atomic mass is 9.92. The fraction of sp³-hybridized carbons (Fsp3) is 0.240. The van der Waals surface area contributed by atoms with Gasteiger partial charge in [0.15, 0.2) is 0 Å². The molecular weight excluding hydrogens is 464 g/mol. The van der Waals surface area contributed by atoms with Crippen LogP contribution in [0.4, 0.5) is 11.6 Å². The number of hydrogen-bond acceptors (Lipinski definition) is 10. The van der Waals surface area contributed by atoms with Gasteiger partial charge in [0, 0.05) is 30.6 Å². The highest BCUT2D eigenvalue weighted by Gasteiger charge is 2.32. The van der Waals surface area contributed by atoms with Gasteiger partial charge in [-0.15, -0.1) is 0 Å². The number of methoxy groups -OCH3 is 1. The SMILES string of the molecule is CCOC(=O)c1cnc(NCCC2(c3ccc([N+](=O)[O-])cn3)C=CC=N2)nc1-c1ccc(OC)cc1. The molecule has 11 heteroatoms. The molecule has 2 aromatic heterocycles. The van der Waals surface area contributed by atoms with Gasteiger partial charge < -0.3 is 14.8 Å². The molecule has 0 saturated heterocycles. The molecule has 0 saturated carbocycles. The standard InChI is InChI=1S/C25H24N6O5/c1-3-36-23(32)20-16-28-24(30-22(20)17-5-8-19(35-2)9-6-17)26-14-12-25(11-4-13-29-25)21-10-7-18(15-27-21)31(33)34/h4-11,13,15-16H,3,12,14H2,1-2H3,(H,26,28,30). The zero-order valence-corrected chi connectivity index (χ0v) is 19.7. The quantitative estimate of drug-likeness (QED) is 0.255. The number of benzene rings is 1. The van der Waals surface area contributed by atoms with Crippen LogP contribution < -0.4 is 10.1 Å². The Kier molecular flexibility index (Phi) is 7.28. The van der Waals surface area contributed by atoms with Crippen molar-refractivity contribution >= 4 is 23.8 Å². The molecule has 1 aliphatic heterocycles. The highest BCUT2D eigenvalue weighted by Crippen LogP contribution is 2.33. The van der Waals surface area contributed by atoms with Crippen LogP contribution >= 0.6 is 0 Å². The van der Waals surface area contributed by atoms with E-state index >= 15 is 0 Å². The summed E-state index contributed by atoms with van der Waals surface area (Å²) in [7, 11) is 1.58. The molecule has 0 bridgehead atoms. The number of esters is 1. The lowest BCUT2D eigenvalue weighted by Crippen LogP contribution is -2.25. The van der Waals surface area contributed by atoms with Crippen molar-refractivity contribution in [3.63, 3.8) is 0 Å². The molecule has 4 rings (SSSR count). The number of nitrogens with one attached hydrogen (secondary N) is 1. The summed E-state index contributed by atoms with van der Waals surface area (Å²) < 4.78 is 10.4. The van der Waals surface area contributed by atoms with E-state index in [1.165, 1.54) is 18.5 Å². The first-order valence-corrected chi connectivity index (χ1v) is 11.2. The largest absolute Gasteiger partial charge is 0.497 e. The Balaban J connectivity index is 1.55. The second-order valence-corrected chi connectivity index (χ2v) is 7.80. The first-order valence-electron chi connectivity index (χ1n) is 11.2. The minimum absolute atomic E-state index is 0.0841. The van der Waals surface area contributed by atoms with E-state index < -0.39 is 16.4 Å². The number of hydrogen-bond donors (Lipinski definition) is 1. The van der Waals surface area contributed by atoms with E-state index in [1.807, 2.05) is 12.2 Å². The van der Waals surface area contributed by atoms with E-state index in [1.54, 1.807) is 50.6 Å². The molecule has 0 fully saturated rings. The smallest absolute Gasteiger partial charge is 0.341 e. The van der Waals surface area contributed by atoms with Crippen LogP contribution in [0, 0.1) is 10.1 Å². The maximum absolute atomic E-state index is 12.5. The number of anilines is 1. The summed E-state index contributed by atoms with van der Waals surface area (Å²) in [5.41, 5.74) is 1.14. The monoisotopic (exact) mass is 488 g/mol. The maximum Gasteiger partial charge on any atom is 0.341 e. The summed E-state index contributed by atoms with van der Waals surface area (Å²) >= 11 is 0. The fourth-order valence-corrected chi connectivity index (χ4v) is 3.76. The van der Waals surface area contributed by atoms with Crippen LogP contribution in [0.2, 0.25) is 0 Å². The molecule has 1 aliphatic rings. The summed E-state index contributed by atoms with van der Waals surface area (Å²) in [6.07, 6.45) is 8.55. The lowest BCUT2D eigenvalue weighted by molar-refractivity contribution is -0.385. The van der Waals surface area contributed by atoms with Crippen molar-refractivity contribution in [2.24, 2.45) is 4.99 Å². The van der Waals surface area contributed by atoms with Gasteiger partial charge in [0.05, 0.1) is 30.0 Å². The van der Waals surface area contributed by atoms with Crippen molar-refractivity contribution in [3.8, 4) is 17.0 Å². The highest BCUT2D eigenvalue weighted by atomic mass is 16.6.